The highest BCUT2D eigenvalue weighted by molar-refractivity contribution is 7.99. The Morgan fingerprint density at radius 1 is 0.947 bits per heavy atom. The van der Waals surface area contributed by atoms with Crippen molar-refractivity contribution >= 4 is 29.3 Å². The van der Waals surface area contributed by atoms with Crippen molar-refractivity contribution in [2.45, 2.75) is 37.5 Å². The molecule has 0 radical (unpaired) electrons. The maximum absolute atomic E-state index is 13.9. The number of amides is 2. The average Bonchev–Trinajstić information content (AvgIpc) is 3.26. The largest absolute Gasteiger partial charge is 0.349 e. The molecule has 7 nitrogen and oxygen atoms in total. The molecular weight excluding hydrogens is 501 g/mol. The lowest BCUT2D eigenvalue weighted by atomic mass is 10.0. The van der Waals surface area contributed by atoms with Crippen LogP contribution in [-0.4, -0.2) is 37.9 Å². The molecule has 0 aliphatic carbocycles. The second kappa shape index (κ2) is 11.6. The molecule has 196 valence electrons. The van der Waals surface area contributed by atoms with Crippen molar-refractivity contribution in [2.75, 3.05) is 10.7 Å². The van der Waals surface area contributed by atoms with E-state index in [9.17, 15) is 14.0 Å². The number of nitrogens with zero attached hydrogens (tertiary/aromatic N) is 4. The van der Waals surface area contributed by atoms with Crippen LogP contribution in [0.15, 0.2) is 90.1 Å². The molecule has 1 aromatic heterocycles. The first-order chi connectivity index (χ1) is 18.1. The second-order valence-electron chi connectivity index (χ2n) is 9.81. The minimum atomic E-state index is -1.01. The lowest BCUT2D eigenvalue weighted by molar-refractivity contribution is -0.127. The van der Waals surface area contributed by atoms with E-state index in [1.54, 1.807) is 24.3 Å². The van der Waals surface area contributed by atoms with E-state index < -0.39 is 17.4 Å². The van der Waals surface area contributed by atoms with E-state index >= 15 is 0 Å². The molecule has 1 N–H and O–H groups in total. The molecule has 1 atom stereocenters. The minimum absolute atomic E-state index is 0.0101. The topological polar surface area (TPSA) is 80.1 Å². The number of benzene rings is 3. The van der Waals surface area contributed by atoms with Gasteiger partial charge in [-0.3, -0.25) is 14.5 Å². The zero-order valence-electron chi connectivity index (χ0n) is 21.8. The van der Waals surface area contributed by atoms with Gasteiger partial charge in [0.2, 0.25) is 11.8 Å². The monoisotopic (exact) mass is 531 g/mol. The summed E-state index contributed by atoms with van der Waals surface area (Å²) in [7, 11) is 1.85. The van der Waals surface area contributed by atoms with Crippen LogP contribution >= 0.6 is 11.8 Å². The Hall–Kier alpha value is -3.98. The van der Waals surface area contributed by atoms with Gasteiger partial charge in [-0.15, -0.1) is 10.2 Å². The van der Waals surface area contributed by atoms with Crippen LogP contribution in [0.3, 0.4) is 0 Å². The molecule has 0 spiro atoms. The van der Waals surface area contributed by atoms with Crippen molar-refractivity contribution in [3.05, 3.63) is 96.3 Å². The standard InChI is InChI=1S/C29H30FN5O2S/c1-29(2,3)31-27(37)25(20-15-17-22(30)18-16-20)35(23-13-9-6-10-14-23)24(36)19-38-28-33-32-26(34(28)4)21-11-7-5-8-12-21/h5-18,25H,19H2,1-4H3,(H,31,37). The summed E-state index contributed by atoms with van der Waals surface area (Å²) in [5, 5.41) is 12.1. The predicted octanol–water partition coefficient (Wildman–Crippen LogP) is 5.40. The van der Waals surface area contributed by atoms with Crippen molar-refractivity contribution in [1.29, 1.82) is 0 Å². The summed E-state index contributed by atoms with van der Waals surface area (Å²) in [6.07, 6.45) is 0. The summed E-state index contributed by atoms with van der Waals surface area (Å²) in [4.78, 5) is 28.9. The lowest BCUT2D eigenvalue weighted by Crippen LogP contribution is -2.50. The van der Waals surface area contributed by atoms with Gasteiger partial charge in [0.05, 0.1) is 5.75 Å². The molecule has 1 heterocycles. The Labute approximate surface area is 226 Å². The molecular formula is C29H30FN5O2S. The molecule has 38 heavy (non-hydrogen) atoms. The van der Waals surface area contributed by atoms with Crippen LogP contribution < -0.4 is 10.2 Å². The molecule has 2 amide bonds. The highest BCUT2D eigenvalue weighted by Gasteiger charge is 2.34. The Kier molecular flexibility index (Phi) is 8.26. The summed E-state index contributed by atoms with van der Waals surface area (Å²) in [5.74, 6) is -0.390. The summed E-state index contributed by atoms with van der Waals surface area (Å²) >= 11 is 1.24. The fourth-order valence-electron chi connectivity index (χ4n) is 4.00. The summed E-state index contributed by atoms with van der Waals surface area (Å²) in [6, 6.07) is 23.3. The summed E-state index contributed by atoms with van der Waals surface area (Å²) in [5.41, 5.74) is 1.43. The van der Waals surface area contributed by atoms with Crippen LogP contribution in [0.25, 0.3) is 11.4 Å². The second-order valence-corrected chi connectivity index (χ2v) is 10.8. The van der Waals surface area contributed by atoms with E-state index in [1.807, 2.05) is 68.8 Å². The van der Waals surface area contributed by atoms with Crippen molar-refractivity contribution in [1.82, 2.24) is 20.1 Å². The van der Waals surface area contributed by atoms with E-state index in [-0.39, 0.29) is 17.6 Å². The molecule has 4 rings (SSSR count). The van der Waals surface area contributed by atoms with Gasteiger partial charge >= 0.3 is 0 Å². The third-order valence-corrected chi connectivity index (χ3v) is 6.69. The lowest BCUT2D eigenvalue weighted by Gasteiger charge is -2.33. The number of anilines is 1. The number of nitrogens with one attached hydrogen (secondary N) is 1. The first-order valence-electron chi connectivity index (χ1n) is 12.2. The van der Waals surface area contributed by atoms with Crippen molar-refractivity contribution in [3.63, 3.8) is 0 Å². The van der Waals surface area contributed by atoms with E-state index in [0.717, 1.165) is 5.56 Å². The zero-order chi connectivity index (χ0) is 27.3. The smallest absolute Gasteiger partial charge is 0.248 e. The molecule has 0 saturated heterocycles. The van der Waals surface area contributed by atoms with E-state index in [0.29, 0.717) is 22.2 Å². The van der Waals surface area contributed by atoms with Gasteiger partial charge in [0.15, 0.2) is 11.0 Å². The van der Waals surface area contributed by atoms with Gasteiger partial charge in [0.1, 0.15) is 11.9 Å². The number of carbonyl (C=O) groups is 2. The number of hydrogen-bond donors (Lipinski definition) is 1. The number of rotatable bonds is 8. The van der Waals surface area contributed by atoms with Crippen LogP contribution in [0, 0.1) is 5.82 Å². The number of hydrogen-bond acceptors (Lipinski definition) is 5. The first-order valence-corrected chi connectivity index (χ1v) is 13.1. The summed E-state index contributed by atoms with van der Waals surface area (Å²) in [6.45, 7) is 5.61. The van der Waals surface area contributed by atoms with Gasteiger partial charge in [-0.25, -0.2) is 4.39 Å². The van der Waals surface area contributed by atoms with Crippen LogP contribution in [0.1, 0.15) is 32.4 Å². The fourth-order valence-corrected chi connectivity index (χ4v) is 4.77. The van der Waals surface area contributed by atoms with Crippen LogP contribution in [0.2, 0.25) is 0 Å². The van der Waals surface area contributed by atoms with Crippen LogP contribution in [0.4, 0.5) is 10.1 Å². The van der Waals surface area contributed by atoms with Crippen LogP contribution in [0.5, 0.6) is 0 Å². The number of carbonyl (C=O) groups excluding carboxylic acids is 2. The fraction of sp³-hybridized carbons (Fsp3) is 0.241. The molecule has 9 heteroatoms. The quantitative estimate of drug-likeness (QED) is 0.308. The maximum atomic E-state index is 13.9. The number of thioether (sulfide) groups is 1. The van der Waals surface area contributed by atoms with Gasteiger partial charge in [0, 0.05) is 23.8 Å². The van der Waals surface area contributed by atoms with Gasteiger partial charge in [-0.1, -0.05) is 72.4 Å². The molecule has 3 aromatic carbocycles. The number of para-hydroxylation sites is 1. The van der Waals surface area contributed by atoms with Gasteiger partial charge < -0.3 is 9.88 Å². The Morgan fingerprint density at radius 3 is 2.16 bits per heavy atom. The van der Waals surface area contributed by atoms with Gasteiger partial charge in [-0.05, 0) is 50.6 Å². The minimum Gasteiger partial charge on any atom is -0.349 e. The average molecular weight is 532 g/mol. The highest BCUT2D eigenvalue weighted by atomic mass is 32.2. The van der Waals surface area contributed by atoms with Crippen molar-refractivity contribution in [2.24, 2.45) is 7.05 Å². The zero-order valence-corrected chi connectivity index (χ0v) is 22.6. The van der Waals surface area contributed by atoms with Crippen molar-refractivity contribution < 1.29 is 14.0 Å². The molecule has 0 saturated carbocycles. The van der Waals surface area contributed by atoms with Crippen molar-refractivity contribution in [3.8, 4) is 11.4 Å². The molecule has 4 aromatic rings. The van der Waals surface area contributed by atoms with Crippen LogP contribution in [-0.2, 0) is 16.6 Å². The third kappa shape index (κ3) is 6.47. The SMILES string of the molecule is Cn1c(SCC(=O)N(c2ccccc2)C(C(=O)NC(C)(C)C)c2ccc(F)cc2)nnc1-c1ccccc1. The van der Waals surface area contributed by atoms with Gasteiger partial charge in [0.25, 0.3) is 0 Å². The maximum Gasteiger partial charge on any atom is 0.248 e. The molecule has 0 bridgehead atoms. The third-order valence-electron chi connectivity index (χ3n) is 5.69. The summed E-state index contributed by atoms with van der Waals surface area (Å²) < 4.78 is 15.6. The molecule has 0 aliphatic heterocycles. The Morgan fingerprint density at radius 2 is 1.55 bits per heavy atom. The number of aromatic nitrogens is 3. The van der Waals surface area contributed by atoms with E-state index in [2.05, 4.69) is 15.5 Å². The van der Waals surface area contributed by atoms with Gasteiger partial charge in [-0.2, -0.15) is 0 Å². The molecule has 0 fully saturated rings. The molecule has 0 aliphatic rings. The Bertz CT molecular complexity index is 1390. The normalized spacial score (nSPS) is 12.1. The van der Waals surface area contributed by atoms with E-state index in [1.165, 1.54) is 40.9 Å². The van der Waals surface area contributed by atoms with E-state index in [4.69, 9.17) is 0 Å². The predicted molar refractivity (Wildman–Crippen MR) is 148 cm³/mol. The first kappa shape index (κ1) is 27.1. The highest BCUT2D eigenvalue weighted by Crippen LogP contribution is 2.31. The molecule has 1 unspecified atom stereocenters. The number of halogens is 1. The Balaban J connectivity index is 1.67.